The number of carbonyl (C=O) groups excluding carboxylic acids is 1. The average Bonchev–Trinajstić information content (AvgIpc) is 2.81. The molecule has 0 fully saturated rings. The number of anilines is 1. The van der Waals surface area contributed by atoms with Gasteiger partial charge in [-0.2, -0.15) is 0 Å². The molecule has 0 saturated heterocycles. The minimum atomic E-state index is -0.391. The molecule has 1 amide bonds. The van der Waals surface area contributed by atoms with Gasteiger partial charge >= 0.3 is 0 Å². The summed E-state index contributed by atoms with van der Waals surface area (Å²) in [5, 5.41) is 13.2. The molecule has 2 N–H and O–H groups in total. The molecule has 0 aliphatic heterocycles. The zero-order valence-electron chi connectivity index (χ0n) is 17.4. The van der Waals surface area contributed by atoms with Crippen molar-refractivity contribution in [1.82, 2.24) is 4.98 Å². The summed E-state index contributed by atoms with van der Waals surface area (Å²) in [6, 6.07) is 16.0. The number of hydrogen-bond acceptors (Lipinski definition) is 6. The molecule has 0 atom stereocenters. The van der Waals surface area contributed by atoms with Crippen molar-refractivity contribution in [2.45, 2.75) is 13.5 Å². The molecule has 7 nitrogen and oxygen atoms in total. The molecule has 162 valence electrons. The number of benzene rings is 2. The van der Waals surface area contributed by atoms with Gasteiger partial charge in [-0.05, 0) is 49.4 Å². The van der Waals surface area contributed by atoms with Crippen molar-refractivity contribution >= 4 is 44.2 Å². The van der Waals surface area contributed by atoms with E-state index in [4.69, 9.17) is 9.15 Å². The van der Waals surface area contributed by atoms with E-state index in [9.17, 15) is 9.90 Å². The zero-order valence-corrected chi connectivity index (χ0v) is 19.0. The molecule has 0 unspecified atom stereocenters. The SMILES string of the molecule is COc1cccc(N=c2oc3c(C)ncc(CO)c3cc2C(=O)Nc2ccc(Br)cc2)c1. The van der Waals surface area contributed by atoms with Crippen LogP contribution in [-0.2, 0) is 6.61 Å². The fourth-order valence-electron chi connectivity index (χ4n) is 3.19. The van der Waals surface area contributed by atoms with Gasteiger partial charge in [0.05, 0.1) is 25.1 Å². The molecule has 2 aromatic carbocycles. The normalized spacial score (nSPS) is 11.6. The van der Waals surface area contributed by atoms with Crippen LogP contribution in [0, 0.1) is 6.92 Å². The number of aliphatic hydroxyl groups excluding tert-OH is 1. The highest BCUT2D eigenvalue weighted by atomic mass is 79.9. The third kappa shape index (κ3) is 4.56. The van der Waals surface area contributed by atoms with Crippen molar-refractivity contribution in [2.24, 2.45) is 4.99 Å². The first-order valence-electron chi connectivity index (χ1n) is 9.77. The molecule has 4 aromatic rings. The minimum Gasteiger partial charge on any atom is -0.497 e. The van der Waals surface area contributed by atoms with E-state index >= 15 is 0 Å². The number of methoxy groups -OCH3 is 1. The van der Waals surface area contributed by atoms with Gasteiger partial charge in [-0.15, -0.1) is 0 Å². The number of ether oxygens (including phenoxy) is 1. The van der Waals surface area contributed by atoms with Gasteiger partial charge in [-0.1, -0.05) is 22.0 Å². The lowest BCUT2D eigenvalue weighted by molar-refractivity contribution is 0.102. The summed E-state index contributed by atoms with van der Waals surface area (Å²) in [4.78, 5) is 22.1. The van der Waals surface area contributed by atoms with Crippen LogP contribution in [0.15, 0.2) is 74.7 Å². The quantitative estimate of drug-likeness (QED) is 0.412. The molecule has 4 rings (SSSR count). The number of halogens is 1. The molecule has 0 radical (unpaired) electrons. The average molecular weight is 494 g/mol. The maximum Gasteiger partial charge on any atom is 0.261 e. The fraction of sp³-hybridized carbons (Fsp3) is 0.125. The summed E-state index contributed by atoms with van der Waals surface area (Å²) in [6.07, 6.45) is 1.57. The van der Waals surface area contributed by atoms with Crippen molar-refractivity contribution in [3.63, 3.8) is 0 Å². The summed E-state index contributed by atoms with van der Waals surface area (Å²) in [5.41, 5.74) is 3.18. The smallest absolute Gasteiger partial charge is 0.261 e. The summed E-state index contributed by atoms with van der Waals surface area (Å²) in [6.45, 7) is 1.56. The lowest BCUT2D eigenvalue weighted by Gasteiger charge is -2.10. The van der Waals surface area contributed by atoms with Crippen LogP contribution >= 0.6 is 15.9 Å². The molecule has 0 spiro atoms. The topological polar surface area (TPSA) is 97.0 Å². The number of aliphatic hydroxyl groups is 1. The summed E-state index contributed by atoms with van der Waals surface area (Å²) in [5.74, 6) is 0.242. The second kappa shape index (κ2) is 9.33. The Balaban J connectivity index is 1.91. The third-order valence-corrected chi connectivity index (χ3v) is 5.38. The Hall–Kier alpha value is -3.49. The molecule has 2 heterocycles. The molecule has 0 saturated carbocycles. The second-order valence-corrected chi connectivity index (χ2v) is 7.92. The van der Waals surface area contributed by atoms with E-state index in [1.165, 1.54) is 0 Å². The largest absolute Gasteiger partial charge is 0.497 e. The standard InChI is InChI=1S/C24H20BrN3O4/c1-14-22-20(15(13-29)12-26-14)11-21(23(30)27-17-8-6-16(25)7-9-17)24(32-22)28-18-4-3-5-19(10-18)31-2/h3-12,29H,13H2,1-2H3,(H,27,30). The van der Waals surface area contributed by atoms with Gasteiger partial charge in [-0.25, -0.2) is 4.99 Å². The predicted octanol–water partition coefficient (Wildman–Crippen LogP) is 4.88. The highest BCUT2D eigenvalue weighted by Crippen LogP contribution is 2.23. The van der Waals surface area contributed by atoms with Crippen molar-refractivity contribution < 1.29 is 19.1 Å². The maximum atomic E-state index is 13.2. The number of amides is 1. The Labute approximate surface area is 192 Å². The summed E-state index contributed by atoms with van der Waals surface area (Å²) in [7, 11) is 1.57. The van der Waals surface area contributed by atoms with E-state index < -0.39 is 5.91 Å². The molecular formula is C24H20BrN3O4. The van der Waals surface area contributed by atoms with E-state index in [1.807, 2.05) is 12.1 Å². The van der Waals surface area contributed by atoms with E-state index in [0.29, 0.717) is 39.4 Å². The minimum absolute atomic E-state index is 0.125. The Morgan fingerprint density at radius 3 is 2.72 bits per heavy atom. The Bertz CT molecular complexity index is 1360. The highest BCUT2D eigenvalue weighted by Gasteiger charge is 2.16. The van der Waals surface area contributed by atoms with Crippen LogP contribution in [0.4, 0.5) is 11.4 Å². The first-order valence-corrected chi connectivity index (χ1v) is 10.6. The number of fused-ring (bicyclic) bond motifs is 1. The van der Waals surface area contributed by atoms with Crippen LogP contribution in [-0.4, -0.2) is 23.1 Å². The van der Waals surface area contributed by atoms with Gasteiger partial charge in [-0.3, -0.25) is 9.78 Å². The lowest BCUT2D eigenvalue weighted by atomic mass is 10.1. The van der Waals surface area contributed by atoms with Crippen LogP contribution in [0.25, 0.3) is 11.0 Å². The number of pyridine rings is 1. The molecule has 8 heteroatoms. The molecule has 32 heavy (non-hydrogen) atoms. The van der Waals surface area contributed by atoms with Crippen LogP contribution < -0.4 is 15.6 Å². The van der Waals surface area contributed by atoms with Crippen molar-refractivity contribution in [3.05, 3.63) is 87.6 Å². The van der Waals surface area contributed by atoms with Gasteiger partial charge in [0.25, 0.3) is 5.91 Å². The Kier molecular flexibility index (Phi) is 6.34. The Morgan fingerprint density at radius 2 is 2.00 bits per heavy atom. The first-order chi connectivity index (χ1) is 15.5. The van der Waals surface area contributed by atoms with E-state index in [0.717, 1.165) is 4.47 Å². The van der Waals surface area contributed by atoms with E-state index in [-0.39, 0.29) is 17.7 Å². The van der Waals surface area contributed by atoms with Crippen LogP contribution in [0.1, 0.15) is 21.6 Å². The van der Waals surface area contributed by atoms with Gasteiger partial charge in [0.1, 0.15) is 11.3 Å². The molecular weight excluding hydrogens is 474 g/mol. The number of aryl methyl sites for hydroxylation is 1. The van der Waals surface area contributed by atoms with Crippen molar-refractivity contribution in [2.75, 3.05) is 12.4 Å². The van der Waals surface area contributed by atoms with Gasteiger partial charge < -0.3 is 19.6 Å². The molecule has 0 aliphatic carbocycles. The lowest BCUT2D eigenvalue weighted by Crippen LogP contribution is -2.22. The number of nitrogens with one attached hydrogen (secondary N) is 1. The third-order valence-electron chi connectivity index (χ3n) is 4.85. The molecule has 0 bridgehead atoms. The predicted molar refractivity (Wildman–Crippen MR) is 125 cm³/mol. The number of nitrogens with zero attached hydrogens (tertiary/aromatic N) is 2. The van der Waals surface area contributed by atoms with Crippen molar-refractivity contribution in [1.29, 1.82) is 0 Å². The van der Waals surface area contributed by atoms with Gasteiger partial charge in [0.2, 0.25) is 5.55 Å². The van der Waals surface area contributed by atoms with Crippen LogP contribution in [0.3, 0.4) is 0 Å². The van der Waals surface area contributed by atoms with E-state index in [2.05, 4.69) is 31.2 Å². The van der Waals surface area contributed by atoms with Crippen LogP contribution in [0.2, 0.25) is 0 Å². The number of hydrogen-bond donors (Lipinski definition) is 2. The molecule has 2 aromatic heterocycles. The number of aromatic nitrogens is 1. The maximum absolute atomic E-state index is 13.2. The van der Waals surface area contributed by atoms with Gasteiger partial charge in [0, 0.05) is 33.4 Å². The molecule has 0 aliphatic rings. The number of carbonyl (C=O) groups is 1. The second-order valence-electron chi connectivity index (χ2n) is 7.01. The Morgan fingerprint density at radius 1 is 1.22 bits per heavy atom. The van der Waals surface area contributed by atoms with Gasteiger partial charge in [0.15, 0.2) is 5.58 Å². The van der Waals surface area contributed by atoms with Crippen LogP contribution in [0.5, 0.6) is 5.75 Å². The zero-order chi connectivity index (χ0) is 22.7. The van der Waals surface area contributed by atoms with E-state index in [1.54, 1.807) is 62.7 Å². The fourth-order valence-corrected chi connectivity index (χ4v) is 3.45. The summed E-state index contributed by atoms with van der Waals surface area (Å²) < 4.78 is 12.2. The first kappa shape index (κ1) is 21.7. The number of rotatable bonds is 5. The van der Waals surface area contributed by atoms with Crippen molar-refractivity contribution in [3.8, 4) is 5.75 Å². The summed E-state index contributed by atoms with van der Waals surface area (Å²) >= 11 is 3.38. The monoisotopic (exact) mass is 493 g/mol. The highest BCUT2D eigenvalue weighted by molar-refractivity contribution is 9.10.